The molecule has 4 aromatic rings. The average molecular weight is 510 g/mol. The summed E-state index contributed by atoms with van der Waals surface area (Å²) in [5, 5.41) is 11.7. The molecule has 9 nitrogen and oxygen atoms in total. The molecule has 4 heterocycles. The van der Waals surface area contributed by atoms with E-state index in [-0.39, 0.29) is 23.3 Å². The molecule has 0 spiro atoms. The minimum atomic E-state index is -0.137. The minimum absolute atomic E-state index is 0.0557. The molecule has 7 rings (SSSR count). The summed E-state index contributed by atoms with van der Waals surface area (Å²) in [5.41, 5.74) is 6.66. The number of pyridine rings is 1. The van der Waals surface area contributed by atoms with Gasteiger partial charge in [-0.05, 0) is 50.2 Å². The number of fused-ring (bicyclic) bond motifs is 2. The van der Waals surface area contributed by atoms with E-state index in [1.54, 1.807) is 10.9 Å². The van der Waals surface area contributed by atoms with Crippen molar-refractivity contribution in [1.82, 2.24) is 35.2 Å². The maximum absolute atomic E-state index is 13.1. The predicted molar refractivity (Wildman–Crippen MR) is 143 cm³/mol. The molecule has 0 aromatic carbocycles. The van der Waals surface area contributed by atoms with Gasteiger partial charge in [-0.3, -0.25) is 9.48 Å². The van der Waals surface area contributed by atoms with Crippen molar-refractivity contribution in [3.63, 3.8) is 0 Å². The lowest BCUT2D eigenvalue weighted by atomic mass is 9.81. The van der Waals surface area contributed by atoms with Gasteiger partial charge in [0.05, 0.1) is 17.3 Å². The highest BCUT2D eigenvalue weighted by atomic mass is 16.5. The zero-order chi connectivity index (χ0) is 25.9. The lowest BCUT2D eigenvalue weighted by molar-refractivity contribution is 0.0915. The van der Waals surface area contributed by atoms with Crippen molar-refractivity contribution >= 4 is 22.6 Å². The molecule has 4 aromatic heterocycles. The molecule has 2 fully saturated rings. The molecule has 1 unspecified atom stereocenters. The third kappa shape index (κ3) is 4.06. The van der Waals surface area contributed by atoms with E-state index < -0.39 is 0 Å². The van der Waals surface area contributed by atoms with Crippen LogP contribution in [0.2, 0.25) is 0 Å². The van der Waals surface area contributed by atoms with Gasteiger partial charge >= 0.3 is 0 Å². The van der Waals surface area contributed by atoms with E-state index >= 15 is 0 Å². The number of imidazole rings is 1. The van der Waals surface area contributed by atoms with Gasteiger partial charge in [-0.2, -0.15) is 5.10 Å². The minimum Gasteiger partial charge on any atom is -0.360 e. The number of hydrogen-bond donors (Lipinski definition) is 2. The number of nitrogens with zero attached hydrogens (tertiary/aromatic N) is 5. The summed E-state index contributed by atoms with van der Waals surface area (Å²) in [6.45, 7) is 2.16. The number of amides is 1. The molecular weight excluding hydrogens is 478 g/mol. The summed E-state index contributed by atoms with van der Waals surface area (Å²) in [5.74, 6) is 1.73. The predicted octanol–water partition coefficient (Wildman–Crippen LogP) is 5.10. The smallest absolute Gasteiger partial charge is 0.273 e. The lowest BCUT2D eigenvalue weighted by Gasteiger charge is -2.30. The van der Waals surface area contributed by atoms with Crippen LogP contribution in [-0.2, 0) is 12.5 Å². The van der Waals surface area contributed by atoms with Gasteiger partial charge in [0.2, 0.25) is 0 Å². The number of aryl methyl sites for hydroxylation is 1. The lowest BCUT2D eigenvalue weighted by Crippen LogP contribution is -2.40. The standard InChI is InChI=1S/C29H31N7O2/c1-29(10-11-29)24-14-23(35-38-24)28(37)32-22-6-4-3-5-17-13-18(7-8-20(17)22)21-9-12-30-27-25(21)33-26(34-27)19-15-31-36(2)16-19/h7,9,12-16,20,22H,3-6,8,10-11H2,1-2H3,(H,32,37)(H,30,33,34)/t20?,22-/m0/s1. The quantitative estimate of drug-likeness (QED) is 0.387. The van der Waals surface area contributed by atoms with Crippen molar-refractivity contribution in [2.45, 2.75) is 63.3 Å². The van der Waals surface area contributed by atoms with Crippen molar-refractivity contribution in [1.29, 1.82) is 0 Å². The highest BCUT2D eigenvalue weighted by Gasteiger charge is 2.43. The third-order valence-electron chi connectivity index (χ3n) is 8.46. The van der Waals surface area contributed by atoms with Crippen LogP contribution in [-0.4, -0.2) is 41.8 Å². The molecule has 0 aliphatic heterocycles. The summed E-state index contributed by atoms with van der Waals surface area (Å²) < 4.78 is 7.28. The molecule has 9 heteroatoms. The fourth-order valence-corrected chi connectivity index (χ4v) is 5.88. The molecule has 2 N–H and O–H groups in total. The Hall–Kier alpha value is -4.01. The number of nitrogens with one attached hydrogen (secondary N) is 2. The number of rotatable bonds is 5. The van der Waals surface area contributed by atoms with E-state index in [4.69, 9.17) is 9.51 Å². The van der Waals surface area contributed by atoms with Gasteiger partial charge in [-0.1, -0.05) is 36.2 Å². The summed E-state index contributed by atoms with van der Waals surface area (Å²) in [6.07, 6.45) is 17.4. The van der Waals surface area contributed by atoms with Crippen molar-refractivity contribution < 1.29 is 9.32 Å². The van der Waals surface area contributed by atoms with Crippen molar-refractivity contribution in [3.8, 4) is 11.4 Å². The first-order valence-corrected chi connectivity index (χ1v) is 13.5. The Morgan fingerprint density at radius 3 is 3.00 bits per heavy atom. The van der Waals surface area contributed by atoms with E-state index in [2.05, 4.69) is 50.7 Å². The molecule has 38 heavy (non-hydrogen) atoms. The van der Waals surface area contributed by atoms with Crippen LogP contribution < -0.4 is 5.32 Å². The number of allylic oxidation sites excluding steroid dienone is 3. The molecule has 2 saturated carbocycles. The second-order valence-electron chi connectivity index (χ2n) is 11.2. The van der Waals surface area contributed by atoms with Crippen LogP contribution in [0.4, 0.5) is 0 Å². The second-order valence-corrected chi connectivity index (χ2v) is 11.2. The van der Waals surface area contributed by atoms with Gasteiger partial charge in [0.25, 0.3) is 5.91 Å². The molecule has 0 radical (unpaired) electrons. The summed E-state index contributed by atoms with van der Waals surface area (Å²) in [6, 6.07) is 3.95. The number of carbonyl (C=O) groups excluding carboxylic acids is 1. The van der Waals surface area contributed by atoms with Crippen LogP contribution in [0.5, 0.6) is 0 Å². The van der Waals surface area contributed by atoms with Crippen LogP contribution in [0.3, 0.4) is 0 Å². The van der Waals surface area contributed by atoms with Crippen LogP contribution >= 0.6 is 0 Å². The van der Waals surface area contributed by atoms with Crippen LogP contribution in [0.1, 0.15) is 73.7 Å². The van der Waals surface area contributed by atoms with E-state index in [1.807, 2.05) is 25.5 Å². The van der Waals surface area contributed by atoms with E-state index in [0.717, 1.165) is 73.2 Å². The average Bonchev–Trinajstić information content (AvgIpc) is 3.28. The Bertz CT molecular complexity index is 1600. The normalized spacial score (nSPS) is 22.4. The second kappa shape index (κ2) is 8.79. The first kappa shape index (κ1) is 23.1. The topological polar surface area (TPSA) is 115 Å². The maximum Gasteiger partial charge on any atom is 0.273 e. The number of aromatic nitrogens is 6. The molecule has 0 saturated heterocycles. The zero-order valence-corrected chi connectivity index (χ0v) is 21.7. The number of aromatic amines is 1. The fraction of sp³-hybridized carbons (Fsp3) is 0.414. The molecule has 194 valence electrons. The summed E-state index contributed by atoms with van der Waals surface area (Å²) >= 11 is 0. The molecule has 3 aliphatic carbocycles. The Morgan fingerprint density at radius 2 is 2.18 bits per heavy atom. The van der Waals surface area contributed by atoms with Gasteiger partial charge in [0.1, 0.15) is 11.6 Å². The van der Waals surface area contributed by atoms with Gasteiger partial charge in [-0.25, -0.2) is 9.97 Å². The van der Waals surface area contributed by atoms with Crippen LogP contribution in [0, 0.1) is 5.92 Å². The zero-order valence-electron chi connectivity index (χ0n) is 21.7. The molecular formula is C29H31N7O2. The van der Waals surface area contributed by atoms with E-state index in [0.29, 0.717) is 11.3 Å². The molecule has 1 amide bonds. The third-order valence-corrected chi connectivity index (χ3v) is 8.46. The van der Waals surface area contributed by atoms with Gasteiger partial charge < -0.3 is 14.8 Å². The number of H-pyrrole nitrogens is 1. The van der Waals surface area contributed by atoms with E-state index in [9.17, 15) is 4.79 Å². The first-order chi connectivity index (χ1) is 18.5. The molecule has 0 bridgehead atoms. The van der Waals surface area contributed by atoms with Crippen molar-refractivity contribution in [3.05, 3.63) is 65.5 Å². The van der Waals surface area contributed by atoms with Gasteiger partial charge in [0.15, 0.2) is 11.3 Å². The van der Waals surface area contributed by atoms with Crippen LogP contribution in [0.25, 0.3) is 28.1 Å². The van der Waals surface area contributed by atoms with Gasteiger partial charge in [-0.15, -0.1) is 0 Å². The van der Waals surface area contributed by atoms with Crippen molar-refractivity contribution in [2.75, 3.05) is 0 Å². The highest BCUT2D eigenvalue weighted by Crippen LogP contribution is 2.47. The molecule has 3 aliphatic rings. The van der Waals surface area contributed by atoms with E-state index in [1.165, 1.54) is 11.1 Å². The first-order valence-electron chi connectivity index (χ1n) is 13.5. The number of hydrogen-bond acceptors (Lipinski definition) is 6. The summed E-state index contributed by atoms with van der Waals surface area (Å²) in [4.78, 5) is 25.8. The summed E-state index contributed by atoms with van der Waals surface area (Å²) in [7, 11) is 1.89. The highest BCUT2D eigenvalue weighted by molar-refractivity contribution is 5.93. The maximum atomic E-state index is 13.1. The Kier molecular flexibility index (Phi) is 5.35. The largest absolute Gasteiger partial charge is 0.360 e. The Labute approximate surface area is 220 Å². The number of carbonyl (C=O) groups is 1. The molecule has 2 atom stereocenters. The monoisotopic (exact) mass is 509 g/mol. The van der Waals surface area contributed by atoms with Gasteiger partial charge in [0, 0.05) is 48.4 Å². The Morgan fingerprint density at radius 1 is 1.29 bits per heavy atom. The SMILES string of the molecule is Cn1cc(-c2nc3nccc(C4=CCC5C(=C4)CCCC[C@@H]5NC(=O)c4cc(C5(C)CC5)on4)c3[nH]2)cn1. The van der Waals surface area contributed by atoms with Crippen LogP contribution in [0.15, 0.2) is 53.0 Å². The fourth-order valence-electron chi connectivity index (χ4n) is 5.88. The Balaban J connectivity index is 1.14. The van der Waals surface area contributed by atoms with Crippen molar-refractivity contribution in [2.24, 2.45) is 13.0 Å².